The third-order valence-corrected chi connectivity index (χ3v) is 3.38. The lowest BCUT2D eigenvalue weighted by Gasteiger charge is -2.08. The van der Waals surface area contributed by atoms with Gasteiger partial charge >= 0.3 is 5.63 Å². The Hall–Kier alpha value is -3.08. The van der Waals surface area contributed by atoms with Gasteiger partial charge in [0, 0.05) is 16.8 Å². The van der Waals surface area contributed by atoms with E-state index in [1.165, 1.54) is 6.07 Å². The average molecular weight is 294 g/mol. The molecule has 0 atom stereocenters. The first kappa shape index (κ1) is 13.9. The van der Waals surface area contributed by atoms with Gasteiger partial charge in [-0.1, -0.05) is 18.2 Å². The third kappa shape index (κ3) is 2.56. The van der Waals surface area contributed by atoms with Crippen molar-refractivity contribution in [3.8, 4) is 0 Å². The third-order valence-electron chi connectivity index (χ3n) is 3.38. The van der Waals surface area contributed by atoms with Crippen LogP contribution in [0.1, 0.15) is 15.9 Å². The number of hydrogen-bond acceptors (Lipinski definition) is 4. The second-order valence-corrected chi connectivity index (χ2v) is 5.01. The van der Waals surface area contributed by atoms with Gasteiger partial charge in [-0.05, 0) is 42.8 Å². The van der Waals surface area contributed by atoms with Crippen molar-refractivity contribution in [3.63, 3.8) is 0 Å². The number of amides is 1. The number of carbonyl (C=O) groups is 1. The standard InChI is InChI=1S/C17H14N2O3/c1-10-8-12(18)6-7-14(10)19-16(20)13-9-11-4-2-3-5-15(11)22-17(13)21/h2-9H,18H2,1H3,(H,19,20). The van der Waals surface area contributed by atoms with Crippen LogP contribution in [0.4, 0.5) is 11.4 Å². The monoisotopic (exact) mass is 294 g/mol. The summed E-state index contributed by atoms with van der Waals surface area (Å²) in [5, 5.41) is 3.40. The number of aryl methyl sites for hydroxylation is 1. The molecular weight excluding hydrogens is 280 g/mol. The summed E-state index contributed by atoms with van der Waals surface area (Å²) in [6.07, 6.45) is 0. The molecule has 3 N–H and O–H groups in total. The lowest BCUT2D eigenvalue weighted by atomic mass is 10.1. The predicted molar refractivity (Wildman–Crippen MR) is 86.0 cm³/mol. The highest BCUT2D eigenvalue weighted by atomic mass is 16.4. The molecule has 1 heterocycles. The van der Waals surface area contributed by atoms with Crippen LogP contribution in [0.2, 0.25) is 0 Å². The Bertz CT molecular complexity index is 929. The number of benzene rings is 2. The van der Waals surface area contributed by atoms with Crippen LogP contribution in [0, 0.1) is 6.92 Å². The number of nitrogens with one attached hydrogen (secondary N) is 1. The molecule has 0 aliphatic rings. The van der Waals surface area contributed by atoms with Gasteiger partial charge in [0.15, 0.2) is 0 Å². The van der Waals surface area contributed by atoms with Gasteiger partial charge in [-0.2, -0.15) is 0 Å². The average Bonchev–Trinajstić information content (AvgIpc) is 2.49. The largest absolute Gasteiger partial charge is 0.422 e. The van der Waals surface area contributed by atoms with Crippen LogP contribution in [-0.2, 0) is 0 Å². The number of rotatable bonds is 2. The predicted octanol–water partition coefficient (Wildman–Crippen LogP) is 2.94. The van der Waals surface area contributed by atoms with Crippen LogP contribution in [0.5, 0.6) is 0 Å². The Kier molecular flexibility index (Phi) is 3.39. The Morgan fingerprint density at radius 2 is 1.91 bits per heavy atom. The molecule has 0 saturated carbocycles. The summed E-state index contributed by atoms with van der Waals surface area (Å²) in [6, 6.07) is 13.7. The van der Waals surface area contributed by atoms with E-state index in [1.54, 1.807) is 36.4 Å². The highest BCUT2D eigenvalue weighted by Crippen LogP contribution is 2.19. The van der Waals surface area contributed by atoms with E-state index in [0.29, 0.717) is 22.3 Å². The van der Waals surface area contributed by atoms with Gasteiger partial charge in [0.25, 0.3) is 5.91 Å². The molecule has 3 aromatic rings. The maximum atomic E-state index is 12.3. The lowest BCUT2D eigenvalue weighted by Crippen LogP contribution is -2.21. The minimum absolute atomic E-state index is 0.0325. The maximum absolute atomic E-state index is 12.3. The zero-order chi connectivity index (χ0) is 15.7. The summed E-state index contributed by atoms with van der Waals surface area (Å²) in [5.41, 5.74) is 7.47. The Morgan fingerprint density at radius 3 is 2.68 bits per heavy atom. The maximum Gasteiger partial charge on any atom is 0.349 e. The molecule has 110 valence electrons. The van der Waals surface area contributed by atoms with E-state index in [0.717, 1.165) is 5.56 Å². The van der Waals surface area contributed by atoms with Crippen LogP contribution in [-0.4, -0.2) is 5.91 Å². The molecule has 5 heteroatoms. The highest BCUT2D eigenvalue weighted by molar-refractivity contribution is 6.05. The van der Waals surface area contributed by atoms with Crippen LogP contribution in [0.25, 0.3) is 11.0 Å². The minimum Gasteiger partial charge on any atom is -0.422 e. The van der Waals surface area contributed by atoms with Gasteiger partial charge in [0.1, 0.15) is 11.1 Å². The highest BCUT2D eigenvalue weighted by Gasteiger charge is 2.14. The van der Waals surface area contributed by atoms with E-state index >= 15 is 0 Å². The molecule has 0 unspecified atom stereocenters. The number of anilines is 2. The molecule has 2 aromatic carbocycles. The minimum atomic E-state index is -0.663. The van der Waals surface area contributed by atoms with E-state index in [1.807, 2.05) is 13.0 Å². The van der Waals surface area contributed by atoms with E-state index in [4.69, 9.17) is 10.2 Å². The van der Waals surface area contributed by atoms with E-state index in [9.17, 15) is 9.59 Å². The van der Waals surface area contributed by atoms with Crippen molar-refractivity contribution >= 4 is 28.3 Å². The van der Waals surface area contributed by atoms with Crippen molar-refractivity contribution in [2.24, 2.45) is 0 Å². The number of carbonyl (C=O) groups excluding carboxylic acids is 1. The van der Waals surface area contributed by atoms with Crippen molar-refractivity contribution in [1.82, 2.24) is 0 Å². The van der Waals surface area contributed by atoms with Gasteiger partial charge in [-0.25, -0.2) is 4.79 Å². The van der Waals surface area contributed by atoms with Crippen molar-refractivity contribution in [2.75, 3.05) is 11.1 Å². The van der Waals surface area contributed by atoms with Crippen molar-refractivity contribution in [3.05, 3.63) is 70.1 Å². The molecule has 0 spiro atoms. The SMILES string of the molecule is Cc1cc(N)ccc1NC(=O)c1cc2ccccc2oc1=O. The molecule has 3 rings (SSSR count). The summed E-state index contributed by atoms with van der Waals surface area (Å²) in [7, 11) is 0. The van der Waals surface area contributed by atoms with Crippen molar-refractivity contribution in [2.45, 2.75) is 6.92 Å². The van der Waals surface area contributed by atoms with E-state index in [2.05, 4.69) is 5.32 Å². The van der Waals surface area contributed by atoms with Crippen LogP contribution in [0.15, 0.2) is 57.7 Å². The second kappa shape index (κ2) is 5.37. The number of nitrogen functional groups attached to an aromatic ring is 1. The van der Waals surface area contributed by atoms with Gasteiger partial charge in [-0.3, -0.25) is 4.79 Å². The molecule has 0 aliphatic heterocycles. The molecule has 1 aromatic heterocycles. The normalized spacial score (nSPS) is 10.6. The molecule has 0 aliphatic carbocycles. The molecule has 5 nitrogen and oxygen atoms in total. The Morgan fingerprint density at radius 1 is 1.14 bits per heavy atom. The number of para-hydroxylation sites is 1. The Labute approximate surface area is 126 Å². The van der Waals surface area contributed by atoms with Gasteiger partial charge in [-0.15, -0.1) is 0 Å². The van der Waals surface area contributed by atoms with Crippen LogP contribution < -0.4 is 16.7 Å². The zero-order valence-corrected chi connectivity index (χ0v) is 11.9. The fourth-order valence-corrected chi connectivity index (χ4v) is 2.24. The van der Waals surface area contributed by atoms with Gasteiger partial charge in [0.05, 0.1) is 0 Å². The molecule has 0 fully saturated rings. The van der Waals surface area contributed by atoms with Crippen LogP contribution >= 0.6 is 0 Å². The summed E-state index contributed by atoms with van der Waals surface area (Å²) in [5.74, 6) is -0.507. The Balaban J connectivity index is 1.98. The summed E-state index contributed by atoms with van der Waals surface area (Å²) >= 11 is 0. The molecule has 1 amide bonds. The molecule has 0 saturated heterocycles. The summed E-state index contributed by atoms with van der Waals surface area (Å²) < 4.78 is 5.16. The molecular formula is C17H14N2O3. The number of fused-ring (bicyclic) bond motifs is 1. The summed E-state index contributed by atoms with van der Waals surface area (Å²) in [4.78, 5) is 24.3. The molecule has 0 radical (unpaired) electrons. The fourth-order valence-electron chi connectivity index (χ4n) is 2.24. The fraction of sp³-hybridized carbons (Fsp3) is 0.0588. The summed E-state index contributed by atoms with van der Waals surface area (Å²) in [6.45, 7) is 1.83. The number of nitrogens with two attached hydrogens (primary N) is 1. The molecule has 0 bridgehead atoms. The van der Waals surface area contributed by atoms with Crippen LogP contribution in [0.3, 0.4) is 0 Å². The molecule has 22 heavy (non-hydrogen) atoms. The van der Waals surface area contributed by atoms with Gasteiger partial charge < -0.3 is 15.5 Å². The first-order valence-corrected chi connectivity index (χ1v) is 6.75. The lowest BCUT2D eigenvalue weighted by molar-refractivity contribution is 0.102. The van der Waals surface area contributed by atoms with E-state index < -0.39 is 11.5 Å². The van der Waals surface area contributed by atoms with Crippen molar-refractivity contribution < 1.29 is 9.21 Å². The number of hydrogen-bond donors (Lipinski definition) is 2. The van der Waals surface area contributed by atoms with Gasteiger partial charge in [0.2, 0.25) is 0 Å². The quantitative estimate of drug-likeness (QED) is 0.562. The smallest absolute Gasteiger partial charge is 0.349 e. The zero-order valence-electron chi connectivity index (χ0n) is 11.9. The van der Waals surface area contributed by atoms with E-state index in [-0.39, 0.29) is 5.56 Å². The topological polar surface area (TPSA) is 85.3 Å². The first-order valence-electron chi connectivity index (χ1n) is 6.75. The first-order chi connectivity index (χ1) is 10.5. The second-order valence-electron chi connectivity index (χ2n) is 5.01. The van der Waals surface area contributed by atoms with Crippen molar-refractivity contribution in [1.29, 1.82) is 0 Å².